The number of rotatable bonds is 2. The van der Waals surface area contributed by atoms with E-state index in [9.17, 15) is 0 Å². The summed E-state index contributed by atoms with van der Waals surface area (Å²) in [5, 5.41) is 0. The van der Waals surface area contributed by atoms with Crippen LogP contribution < -0.4 is 0 Å². The normalized spacial score (nSPS) is 10.2. The van der Waals surface area contributed by atoms with Crippen LogP contribution in [-0.2, 0) is 39.8 Å². The molecule has 1 aromatic heterocycles. The van der Waals surface area contributed by atoms with Crippen LogP contribution in [0.4, 0.5) is 0 Å². The zero-order chi connectivity index (χ0) is 10.8. The topological polar surface area (TPSA) is 17.8 Å². The van der Waals surface area contributed by atoms with E-state index in [0.717, 1.165) is 11.3 Å². The molecule has 3 heteroatoms. The molecule has 0 aliphatic carbocycles. The van der Waals surface area contributed by atoms with Gasteiger partial charge in [0.1, 0.15) is 0 Å². The van der Waals surface area contributed by atoms with Crippen molar-refractivity contribution in [3.05, 3.63) is 42.4 Å². The molecular weight excluding hydrogens is 273 g/mol. The van der Waals surface area contributed by atoms with Crippen LogP contribution in [0.25, 0.3) is 11.3 Å². The number of benzene rings is 1. The van der Waals surface area contributed by atoms with Gasteiger partial charge in [0.2, 0.25) is 0 Å². The van der Waals surface area contributed by atoms with Gasteiger partial charge in [-0.2, -0.15) is 29.8 Å². The maximum absolute atomic E-state index is 4.30. The van der Waals surface area contributed by atoms with Crippen molar-refractivity contribution in [3.8, 4) is 11.3 Å². The predicted octanol–water partition coefficient (Wildman–Crippen LogP) is 3.01. The zero-order valence-electron chi connectivity index (χ0n) is 9.94. The predicted molar refractivity (Wildman–Crippen MR) is 61.6 cm³/mol. The fourth-order valence-electron chi connectivity index (χ4n) is 1.52. The Balaban J connectivity index is 0.00000128. The summed E-state index contributed by atoms with van der Waals surface area (Å²) in [6, 6.07) is 9.53. The van der Waals surface area contributed by atoms with Crippen LogP contribution in [0.2, 0.25) is 0 Å². The molecule has 0 aliphatic rings. The van der Waals surface area contributed by atoms with Crippen LogP contribution in [0.3, 0.4) is 0 Å². The molecule has 0 amide bonds. The van der Waals surface area contributed by atoms with Gasteiger partial charge in [-0.05, 0) is 5.92 Å². The van der Waals surface area contributed by atoms with Crippen LogP contribution in [0.15, 0.2) is 30.7 Å². The number of imidazole rings is 1. The van der Waals surface area contributed by atoms with Crippen molar-refractivity contribution >= 4 is 0 Å². The standard InChI is InChI=1S/C13H15N2.Y/c1-10(2)11-4-6-12(7-5-11)13-8-15(3)9-14-13;/h4,6-10H,1-3H3;/q-1;. The first kappa shape index (κ1) is 13.6. The molecule has 0 spiro atoms. The molecule has 0 aliphatic heterocycles. The summed E-state index contributed by atoms with van der Waals surface area (Å²) in [5.41, 5.74) is 3.37. The fourth-order valence-corrected chi connectivity index (χ4v) is 1.52. The molecule has 2 rings (SSSR count). The summed E-state index contributed by atoms with van der Waals surface area (Å²) < 4.78 is 1.95. The molecule has 0 saturated heterocycles. The van der Waals surface area contributed by atoms with Crippen molar-refractivity contribution in [2.45, 2.75) is 19.8 Å². The van der Waals surface area contributed by atoms with E-state index in [1.807, 2.05) is 30.2 Å². The van der Waals surface area contributed by atoms with E-state index in [4.69, 9.17) is 0 Å². The summed E-state index contributed by atoms with van der Waals surface area (Å²) in [4.78, 5) is 4.30. The molecule has 16 heavy (non-hydrogen) atoms. The number of nitrogens with zero attached hydrogens (tertiary/aromatic N) is 2. The van der Waals surface area contributed by atoms with Crippen molar-refractivity contribution in [1.82, 2.24) is 9.55 Å². The second-order valence-corrected chi connectivity index (χ2v) is 4.11. The summed E-state index contributed by atoms with van der Waals surface area (Å²) in [6.45, 7) is 4.35. The minimum absolute atomic E-state index is 0. The van der Waals surface area contributed by atoms with Gasteiger partial charge < -0.3 is 4.57 Å². The Labute approximate surface area is 122 Å². The first-order valence-corrected chi connectivity index (χ1v) is 5.17. The van der Waals surface area contributed by atoms with Gasteiger partial charge in [-0.15, -0.1) is 5.56 Å². The minimum atomic E-state index is 0. The molecule has 2 nitrogen and oxygen atoms in total. The van der Waals surface area contributed by atoms with E-state index in [2.05, 4.69) is 37.0 Å². The molecule has 0 N–H and O–H groups in total. The summed E-state index contributed by atoms with van der Waals surface area (Å²) >= 11 is 0. The second-order valence-electron chi connectivity index (χ2n) is 4.11. The van der Waals surface area contributed by atoms with E-state index in [0.29, 0.717) is 5.92 Å². The third kappa shape index (κ3) is 3.02. The average molecular weight is 288 g/mol. The van der Waals surface area contributed by atoms with Crippen LogP contribution in [0, 0.1) is 6.07 Å². The van der Waals surface area contributed by atoms with E-state index in [1.54, 1.807) is 0 Å². The maximum atomic E-state index is 4.30. The third-order valence-corrected chi connectivity index (χ3v) is 2.46. The van der Waals surface area contributed by atoms with E-state index in [-0.39, 0.29) is 32.7 Å². The fraction of sp³-hybridized carbons (Fsp3) is 0.308. The van der Waals surface area contributed by atoms with Gasteiger partial charge in [0.25, 0.3) is 0 Å². The molecule has 0 unspecified atom stereocenters. The van der Waals surface area contributed by atoms with Gasteiger partial charge in [-0.1, -0.05) is 13.8 Å². The zero-order valence-corrected chi connectivity index (χ0v) is 12.8. The number of aromatic nitrogens is 2. The summed E-state index contributed by atoms with van der Waals surface area (Å²) in [5.74, 6) is 0.530. The number of aryl methyl sites for hydroxylation is 1. The molecule has 0 atom stereocenters. The van der Waals surface area contributed by atoms with Crippen molar-refractivity contribution in [2.24, 2.45) is 7.05 Å². The van der Waals surface area contributed by atoms with Crippen LogP contribution >= 0.6 is 0 Å². The largest absolute Gasteiger partial charge is 0.341 e. The Kier molecular flexibility index (Phi) is 4.88. The first-order valence-electron chi connectivity index (χ1n) is 5.17. The molecule has 1 aromatic carbocycles. The average Bonchev–Trinajstić information content (AvgIpc) is 2.65. The van der Waals surface area contributed by atoms with Gasteiger partial charge in [-0.3, -0.25) is 4.98 Å². The minimum Gasteiger partial charge on any atom is -0.341 e. The molecule has 0 saturated carbocycles. The Bertz CT molecular complexity index is 443. The van der Waals surface area contributed by atoms with Crippen molar-refractivity contribution in [1.29, 1.82) is 0 Å². The van der Waals surface area contributed by atoms with Gasteiger partial charge in [-0.25, -0.2) is 0 Å². The van der Waals surface area contributed by atoms with E-state index < -0.39 is 0 Å². The van der Waals surface area contributed by atoms with Crippen LogP contribution in [0.1, 0.15) is 25.3 Å². The third-order valence-electron chi connectivity index (χ3n) is 2.46. The van der Waals surface area contributed by atoms with Crippen molar-refractivity contribution in [2.75, 3.05) is 0 Å². The van der Waals surface area contributed by atoms with Crippen molar-refractivity contribution < 1.29 is 32.7 Å². The van der Waals surface area contributed by atoms with Crippen LogP contribution in [-0.4, -0.2) is 9.55 Å². The molecular formula is C13H15N2Y-. The smallest absolute Gasteiger partial charge is 0.0937 e. The Morgan fingerprint density at radius 3 is 2.50 bits per heavy atom. The summed E-state index contributed by atoms with van der Waals surface area (Å²) in [7, 11) is 1.97. The molecule has 1 heterocycles. The van der Waals surface area contributed by atoms with Crippen molar-refractivity contribution in [3.63, 3.8) is 0 Å². The van der Waals surface area contributed by atoms with Gasteiger partial charge in [0, 0.05) is 51.6 Å². The monoisotopic (exact) mass is 288 g/mol. The quantitative estimate of drug-likeness (QED) is 0.777. The van der Waals surface area contributed by atoms with Gasteiger partial charge >= 0.3 is 0 Å². The molecule has 2 aromatic rings. The SMILES string of the molecule is CC(C)c1[c-]cc(-c2cn(C)cn2)cc1.[Y]. The molecule has 0 bridgehead atoms. The Morgan fingerprint density at radius 1 is 1.31 bits per heavy atom. The maximum Gasteiger partial charge on any atom is 0.0937 e. The number of hydrogen-bond acceptors (Lipinski definition) is 1. The molecule has 81 valence electrons. The Morgan fingerprint density at radius 2 is 2.06 bits per heavy atom. The first-order chi connectivity index (χ1) is 7.16. The Hall–Kier alpha value is -0.466. The molecule has 1 radical (unpaired) electrons. The van der Waals surface area contributed by atoms with Gasteiger partial charge in [0.15, 0.2) is 0 Å². The van der Waals surface area contributed by atoms with E-state index in [1.165, 1.54) is 5.56 Å². The van der Waals surface area contributed by atoms with E-state index >= 15 is 0 Å². The number of hydrogen-bond donors (Lipinski definition) is 0. The van der Waals surface area contributed by atoms with Crippen LogP contribution in [0.5, 0.6) is 0 Å². The summed E-state index contributed by atoms with van der Waals surface area (Å²) in [6.07, 6.45) is 3.82. The molecule has 0 fully saturated rings. The van der Waals surface area contributed by atoms with Gasteiger partial charge in [0.05, 0.1) is 6.33 Å². The second kappa shape index (κ2) is 5.74.